The fourth-order valence-corrected chi connectivity index (χ4v) is 2.71. The third-order valence-corrected chi connectivity index (χ3v) is 4.45. The van der Waals surface area contributed by atoms with Gasteiger partial charge in [0.05, 0.1) is 23.3 Å². The Kier molecular flexibility index (Phi) is 5.58. The van der Waals surface area contributed by atoms with E-state index in [1.165, 1.54) is 24.0 Å². The van der Waals surface area contributed by atoms with Crippen molar-refractivity contribution in [3.63, 3.8) is 0 Å². The van der Waals surface area contributed by atoms with E-state index in [9.17, 15) is 14.4 Å². The molecular weight excluding hydrogens is 374 g/mol. The first-order valence-corrected chi connectivity index (χ1v) is 8.94. The van der Waals surface area contributed by atoms with Crippen LogP contribution in [0.4, 0.5) is 5.69 Å². The first-order chi connectivity index (χ1) is 13.8. The minimum absolute atomic E-state index is 0.00225. The number of aromatic nitrogens is 4. The highest BCUT2D eigenvalue weighted by Crippen LogP contribution is 2.14. The first kappa shape index (κ1) is 20.0. The summed E-state index contributed by atoms with van der Waals surface area (Å²) in [5, 5.41) is 2.57. The van der Waals surface area contributed by atoms with Crippen molar-refractivity contribution in [3.8, 4) is 5.69 Å². The van der Waals surface area contributed by atoms with Crippen molar-refractivity contribution in [2.24, 2.45) is 7.05 Å². The van der Waals surface area contributed by atoms with Gasteiger partial charge in [-0.05, 0) is 32.9 Å². The van der Waals surface area contributed by atoms with E-state index in [1.807, 2.05) is 18.2 Å². The number of para-hydroxylation sites is 1. The van der Waals surface area contributed by atoms with Gasteiger partial charge in [-0.25, -0.2) is 14.5 Å². The molecule has 1 aromatic carbocycles. The molecule has 9 heteroatoms. The topological polar surface area (TPSA) is 108 Å². The maximum atomic E-state index is 12.8. The summed E-state index contributed by atoms with van der Waals surface area (Å²) >= 11 is 0. The number of esters is 1. The van der Waals surface area contributed by atoms with Crippen molar-refractivity contribution in [1.29, 1.82) is 0 Å². The van der Waals surface area contributed by atoms with Gasteiger partial charge in [0.2, 0.25) is 0 Å². The third kappa shape index (κ3) is 4.08. The Morgan fingerprint density at radius 3 is 2.41 bits per heavy atom. The Labute approximate surface area is 167 Å². The molecule has 150 valence electrons. The number of hydrogen-bond acceptors (Lipinski definition) is 6. The normalized spacial score (nSPS) is 11.7. The molecule has 0 spiro atoms. The number of carbonyl (C=O) groups is 2. The molecule has 0 fully saturated rings. The van der Waals surface area contributed by atoms with Crippen LogP contribution in [0.15, 0.2) is 47.5 Å². The van der Waals surface area contributed by atoms with Gasteiger partial charge in [0.15, 0.2) is 11.8 Å². The van der Waals surface area contributed by atoms with Gasteiger partial charge in [-0.1, -0.05) is 18.2 Å². The summed E-state index contributed by atoms with van der Waals surface area (Å²) < 4.78 is 8.24. The summed E-state index contributed by atoms with van der Waals surface area (Å²) in [6, 6.07) is 9.07. The van der Waals surface area contributed by atoms with E-state index in [2.05, 4.69) is 15.3 Å². The maximum Gasteiger partial charge on any atom is 0.359 e. The van der Waals surface area contributed by atoms with Crippen LogP contribution in [0.1, 0.15) is 28.8 Å². The van der Waals surface area contributed by atoms with Crippen molar-refractivity contribution < 1.29 is 14.3 Å². The second kappa shape index (κ2) is 8.09. The summed E-state index contributed by atoms with van der Waals surface area (Å²) in [7, 11) is 1.72. The number of anilines is 1. The van der Waals surface area contributed by atoms with E-state index in [0.29, 0.717) is 17.1 Å². The van der Waals surface area contributed by atoms with Crippen LogP contribution in [0.5, 0.6) is 0 Å². The van der Waals surface area contributed by atoms with E-state index in [-0.39, 0.29) is 16.9 Å². The molecular formula is C20H21N5O4. The predicted molar refractivity (Wildman–Crippen MR) is 106 cm³/mol. The maximum absolute atomic E-state index is 12.8. The Morgan fingerprint density at radius 2 is 1.79 bits per heavy atom. The van der Waals surface area contributed by atoms with E-state index >= 15 is 0 Å². The number of ether oxygens (including phenoxy) is 1. The molecule has 29 heavy (non-hydrogen) atoms. The quantitative estimate of drug-likeness (QED) is 0.660. The smallest absolute Gasteiger partial charge is 0.359 e. The molecule has 0 saturated heterocycles. The zero-order chi connectivity index (χ0) is 21.1. The molecule has 3 rings (SSSR count). The lowest BCUT2D eigenvalue weighted by Crippen LogP contribution is -2.32. The minimum Gasteiger partial charge on any atom is -0.448 e. The van der Waals surface area contributed by atoms with Crippen LogP contribution < -0.4 is 10.9 Å². The molecule has 1 atom stereocenters. The van der Waals surface area contributed by atoms with Gasteiger partial charge in [-0.3, -0.25) is 19.3 Å². The molecule has 3 aromatic rings. The molecule has 2 aromatic heterocycles. The van der Waals surface area contributed by atoms with Crippen LogP contribution in [0, 0.1) is 13.8 Å². The highest BCUT2D eigenvalue weighted by molar-refractivity contribution is 5.97. The largest absolute Gasteiger partial charge is 0.448 e. The second-order valence-corrected chi connectivity index (χ2v) is 6.52. The number of nitrogens with one attached hydrogen (secondary N) is 1. The zero-order valence-electron chi connectivity index (χ0n) is 16.5. The summed E-state index contributed by atoms with van der Waals surface area (Å²) in [5.41, 5.74) is 1.63. The molecule has 2 heterocycles. The number of amides is 1. The highest BCUT2D eigenvalue weighted by atomic mass is 16.5. The van der Waals surface area contributed by atoms with E-state index in [4.69, 9.17) is 4.74 Å². The van der Waals surface area contributed by atoms with Gasteiger partial charge in [0.25, 0.3) is 11.5 Å². The Balaban J connectivity index is 1.77. The standard InChI is InChI=1S/C20H21N5O4/c1-12-10-22-16(11-21-12)20(28)29-14(3)18(26)23-17-13(2)24(4)25(19(17)27)15-8-6-5-7-9-15/h5-11,14H,1-4H3,(H,23,26). The minimum atomic E-state index is -1.13. The predicted octanol–water partition coefficient (Wildman–Crippen LogP) is 1.77. The van der Waals surface area contributed by atoms with E-state index in [1.54, 1.807) is 37.7 Å². The molecule has 1 N–H and O–H groups in total. The number of benzene rings is 1. The molecule has 1 amide bonds. The van der Waals surface area contributed by atoms with Crippen LogP contribution in [-0.4, -0.2) is 37.3 Å². The molecule has 0 aliphatic rings. The molecule has 1 unspecified atom stereocenters. The van der Waals surface area contributed by atoms with Crippen molar-refractivity contribution in [2.45, 2.75) is 26.9 Å². The molecule has 0 aliphatic carbocycles. The second-order valence-electron chi connectivity index (χ2n) is 6.52. The van der Waals surface area contributed by atoms with Gasteiger partial charge in [-0.15, -0.1) is 0 Å². The van der Waals surface area contributed by atoms with Gasteiger partial charge >= 0.3 is 5.97 Å². The summed E-state index contributed by atoms with van der Waals surface area (Å²) in [5.74, 6) is -1.39. The summed E-state index contributed by atoms with van der Waals surface area (Å²) in [4.78, 5) is 45.4. The highest BCUT2D eigenvalue weighted by Gasteiger charge is 2.24. The Hall–Kier alpha value is -3.75. The van der Waals surface area contributed by atoms with E-state index in [0.717, 1.165) is 0 Å². The van der Waals surface area contributed by atoms with Crippen LogP contribution in [0.3, 0.4) is 0 Å². The number of aryl methyl sites for hydroxylation is 1. The van der Waals surface area contributed by atoms with Crippen LogP contribution in [-0.2, 0) is 16.6 Å². The van der Waals surface area contributed by atoms with Crippen molar-refractivity contribution >= 4 is 17.6 Å². The summed E-state index contributed by atoms with van der Waals surface area (Å²) in [6.45, 7) is 4.88. The Morgan fingerprint density at radius 1 is 1.10 bits per heavy atom. The SMILES string of the molecule is Cc1cnc(C(=O)OC(C)C(=O)Nc2c(C)n(C)n(-c3ccccc3)c2=O)cn1. The number of rotatable bonds is 5. The molecule has 0 saturated carbocycles. The summed E-state index contributed by atoms with van der Waals surface area (Å²) in [6.07, 6.45) is 1.58. The van der Waals surface area contributed by atoms with Crippen molar-refractivity contribution in [1.82, 2.24) is 19.3 Å². The zero-order valence-corrected chi connectivity index (χ0v) is 16.5. The number of hydrogen-bond donors (Lipinski definition) is 1. The van der Waals surface area contributed by atoms with Crippen LogP contribution in [0.2, 0.25) is 0 Å². The van der Waals surface area contributed by atoms with Gasteiger partial charge < -0.3 is 10.1 Å². The lowest BCUT2D eigenvalue weighted by Gasteiger charge is -2.12. The average Bonchev–Trinajstić information content (AvgIpc) is 2.92. The fraction of sp³-hybridized carbons (Fsp3) is 0.250. The number of carbonyl (C=O) groups excluding carboxylic acids is 2. The molecule has 9 nitrogen and oxygen atoms in total. The van der Waals surface area contributed by atoms with E-state index < -0.39 is 18.0 Å². The van der Waals surface area contributed by atoms with Gasteiger partial charge in [-0.2, -0.15) is 0 Å². The monoisotopic (exact) mass is 395 g/mol. The third-order valence-electron chi connectivity index (χ3n) is 4.45. The fourth-order valence-electron chi connectivity index (χ4n) is 2.71. The lowest BCUT2D eigenvalue weighted by molar-refractivity contribution is -0.123. The van der Waals surface area contributed by atoms with Gasteiger partial charge in [0, 0.05) is 13.2 Å². The lowest BCUT2D eigenvalue weighted by atomic mass is 10.3. The molecule has 0 aliphatic heterocycles. The molecule has 0 radical (unpaired) electrons. The van der Waals surface area contributed by atoms with Crippen LogP contribution >= 0.6 is 0 Å². The van der Waals surface area contributed by atoms with Crippen molar-refractivity contribution in [3.05, 3.63) is 70.2 Å². The average molecular weight is 395 g/mol. The Bertz CT molecular complexity index is 1100. The first-order valence-electron chi connectivity index (χ1n) is 8.94. The van der Waals surface area contributed by atoms with Gasteiger partial charge in [0.1, 0.15) is 5.69 Å². The number of nitrogens with zero attached hydrogens (tertiary/aromatic N) is 4. The van der Waals surface area contributed by atoms with Crippen molar-refractivity contribution in [2.75, 3.05) is 5.32 Å². The molecule has 0 bridgehead atoms. The van der Waals surface area contributed by atoms with Crippen LogP contribution in [0.25, 0.3) is 5.69 Å².